The summed E-state index contributed by atoms with van der Waals surface area (Å²) in [6.45, 7) is 7.16. The molecule has 0 saturated carbocycles. The summed E-state index contributed by atoms with van der Waals surface area (Å²) in [4.78, 5) is 0. The first-order valence-electron chi connectivity index (χ1n) is 4.86. The van der Waals surface area contributed by atoms with E-state index in [4.69, 9.17) is 11.4 Å². The fourth-order valence-corrected chi connectivity index (χ4v) is 3.16. The van der Waals surface area contributed by atoms with Gasteiger partial charge in [0.2, 0.25) is 0 Å². The molecular formula is C10H22O3Ti. The van der Waals surface area contributed by atoms with Gasteiger partial charge in [0.15, 0.2) is 0 Å². The summed E-state index contributed by atoms with van der Waals surface area (Å²) in [6, 6.07) is 0. The summed E-state index contributed by atoms with van der Waals surface area (Å²) in [5, 5.41) is 2.11. The summed E-state index contributed by atoms with van der Waals surface area (Å²) >= 11 is -2.37. The van der Waals surface area contributed by atoms with Crippen molar-refractivity contribution in [2.24, 2.45) is 0 Å². The van der Waals surface area contributed by atoms with Crippen LogP contribution in [0.15, 0.2) is 12.2 Å². The van der Waals surface area contributed by atoms with Gasteiger partial charge in [-0.1, -0.05) is 0 Å². The Labute approximate surface area is 91.7 Å². The molecule has 0 spiro atoms. The first-order valence-corrected chi connectivity index (χ1v) is 8.80. The van der Waals surface area contributed by atoms with Crippen molar-refractivity contribution in [2.45, 2.75) is 23.3 Å². The minimum atomic E-state index is -2.37. The van der Waals surface area contributed by atoms with Crippen LogP contribution in [0.4, 0.5) is 0 Å². The van der Waals surface area contributed by atoms with Crippen LogP contribution in [0.3, 0.4) is 0 Å². The molecule has 0 amide bonds. The van der Waals surface area contributed by atoms with Gasteiger partial charge in [0.1, 0.15) is 0 Å². The third-order valence-electron chi connectivity index (χ3n) is 2.13. The molecule has 0 aromatic carbocycles. The molecule has 4 heteroatoms. The van der Waals surface area contributed by atoms with Crippen molar-refractivity contribution in [2.75, 3.05) is 27.4 Å². The first-order chi connectivity index (χ1) is 6.54. The minimum absolute atomic E-state index is 0.656. The van der Waals surface area contributed by atoms with Gasteiger partial charge in [-0.25, -0.2) is 0 Å². The summed E-state index contributed by atoms with van der Waals surface area (Å²) < 4.78 is 17.2. The van der Waals surface area contributed by atoms with Crippen LogP contribution in [0.5, 0.6) is 0 Å². The van der Waals surface area contributed by atoms with Gasteiger partial charge < -0.3 is 0 Å². The predicted octanol–water partition coefficient (Wildman–Crippen LogP) is 2.71. The zero-order chi connectivity index (χ0) is 11.0. The average molecular weight is 238 g/mol. The van der Waals surface area contributed by atoms with Gasteiger partial charge in [-0.05, 0) is 0 Å². The Morgan fingerprint density at radius 1 is 1.29 bits per heavy atom. The zero-order valence-electron chi connectivity index (χ0n) is 9.76. The molecule has 0 N–H and O–H groups in total. The summed E-state index contributed by atoms with van der Waals surface area (Å²) in [7, 11) is 3.47. The molecule has 84 valence electrons. The van der Waals surface area contributed by atoms with E-state index in [1.54, 1.807) is 14.2 Å². The van der Waals surface area contributed by atoms with E-state index in [1.807, 2.05) is 6.92 Å². The fourth-order valence-electron chi connectivity index (χ4n) is 1.03. The Morgan fingerprint density at radius 3 is 2.29 bits per heavy atom. The van der Waals surface area contributed by atoms with Gasteiger partial charge in [0.25, 0.3) is 0 Å². The third kappa shape index (κ3) is 6.74. The number of hydrogen-bond acceptors (Lipinski definition) is 3. The van der Waals surface area contributed by atoms with E-state index in [0.29, 0.717) is 6.61 Å². The molecule has 0 aromatic rings. The summed E-state index contributed by atoms with van der Waals surface area (Å²) in [5.74, 6) is 0. The van der Waals surface area contributed by atoms with E-state index in [1.165, 1.54) is 0 Å². The SMILES string of the molecule is C=C(C)COCC[CH2][Ti]([CH3])([O]C)[O]C. The Kier molecular flexibility index (Phi) is 7.78. The normalized spacial score (nSPS) is 11.7. The van der Waals surface area contributed by atoms with Gasteiger partial charge in [-0.2, -0.15) is 0 Å². The first kappa shape index (κ1) is 14.3. The van der Waals surface area contributed by atoms with Crippen LogP contribution >= 0.6 is 0 Å². The summed E-state index contributed by atoms with van der Waals surface area (Å²) in [5.41, 5.74) is 1.06. The van der Waals surface area contributed by atoms with Crippen molar-refractivity contribution in [3.8, 4) is 0 Å². The molecule has 0 saturated heterocycles. The van der Waals surface area contributed by atoms with Crippen molar-refractivity contribution >= 4 is 0 Å². The molecule has 0 aliphatic rings. The second-order valence-electron chi connectivity index (χ2n) is 3.66. The Hall–Kier alpha value is 0.334. The Bertz CT molecular complexity index is 167. The molecule has 0 radical (unpaired) electrons. The van der Waals surface area contributed by atoms with Gasteiger partial charge in [0, 0.05) is 0 Å². The number of hydrogen-bond donors (Lipinski definition) is 0. The maximum atomic E-state index is 5.41. The predicted molar refractivity (Wildman–Crippen MR) is 54.9 cm³/mol. The van der Waals surface area contributed by atoms with Crippen LogP contribution in [-0.4, -0.2) is 27.4 Å². The standard InChI is InChI=1S/C7H13O.2CH3O.CH3.Ti/c1-4-5-8-6-7(2)3;2*1-2;;/h1-2,4-6H2,3H3;2*1H3;1H3;/q;2*-1;;+2. The van der Waals surface area contributed by atoms with E-state index in [2.05, 4.69) is 11.8 Å². The molecule has 3 nitrogen and oxygen atoms in total. The molecule has 0 aliphatic carbocycles. The van der Waals surface area contributed by atoms with E-state index in [-0.39, 0.29) is 0 Å². The maximum absolute atomic E-state index is 5.41. The second-order valence-corrected chi connectivity index (χ2v) is 9.25. The van der Waals surface area contributed by atoms with Crippen LogP contribution in [0.25, 0.3) is 0 Å². The molecule has 0 atom stereocenters. The van der Waals surface area contributed by atoms with Gasteiger partial charge in [0.05, 0.1) is 0 Å². The molecule has 0 rings (SSSR count). The molecule has 0 fully saturated rings. The van der Waals surface area contributed by atoms with E-state index >= 15 is 0 Å². The zero-order valence-corrected chi connectivity index (χ0v) is 11.3. The van der Waals surface area contributed by atoms with Crippen molar-refractivity contribution < 1.29 is 28.7 Å². The van der Waals surface area contributed by atoms with Crippen LogP contribution in [-0.2, 0) is 28.7 Å². The van der Waals surface area contributed by atoms with E-state index in [9.17, 15) is 0 Å². The van der Waals surface area contributed by atoms with Crippen LogP contribution in [0.1, 0.15) is 13.3 Å². The Balaban J connectivity index is 3.47. The summed E-state index contributed by atoms with van der Waals surface area (Å²) in [6.07, 6.45) is 1.01. The van der Waals surface area contributed by atoms with E-state index in [0.717, 1.165) is 23.3 Å². The van der Waals surface area contributed by atoms with Gasteiger partial charge in [-0.3, -0.25) is 0 Å². The van der Waals surface area contributed by atoms with Crippen LogP contribution in [0, 0.1) is 0 Å². The number of ether oxygens (including phenoxy) is 1. The Morgan fingerprint density at radius 2 is 1.86 bits per heavy atom. The molecule has 0 aromatic heterocycles. The van der Waals surface area contributed by atoms with Crippen molar-refractivity contribution in [3.05, 3.63) is 12.2 Å². The fraction of sp³-hybridized carbons (Fsp3) is 0.800. The molecular weight excluding hydrogens is 216 g/mol. The van der Waals surface area contributed by atoms with E-state index < -0.39 is 17.4 Å². The van der Waals surface area contributed by atoms with Crippen LogP contribution in [0.2, 0.25) is 9.95 Å². The molecule has 0 bridgehead atoms. The third-order valence-corrected chi connectivity index (χ3v) is 6.80. The topological polar surface area (TPSA) is 27.7 Å². The van der Waals surface area contributed by atoms with Crippen molar-refractivity contribution in [3.63, 3.8) is 0 Å². The van der Waals surface area contributed by atoms with Gasteiger partial charge in [-0.15, -0.1) is 0 Å². The molecule has 0 unspecified atom stereocenters. The average Bonchev–Trinajstić information content (AvgIpc) is 2.16. The number of rotatable bonds is 8. The molecule has 0 aliphatic heterocycles. The molecule has 14 heavy (non-hydrogen) atoms. The second kappa shape index (κ2) is 7.60. The quantitative estimate of drug-likeness (QED) is 0.369. The van der Waals surface area contributed by atoms with Crippen molar-refractivity contribution in [1.82, 2.24) is 0 Å². The van der Waals surface area contributed by atoms with Gasteiger partial charge >= 0.3 is 91.6 Å². The van der Waals surface area contributed by atoms with Crippen LogP contribution < -0.4 is 0 Å². The monoisotopic (exact) mass is 238 g/mol. The van der Waals surface area contributed by atoms with Crippen molar-refractivity contribution in [1.29, 1.82) is 0 Å². The molecule has 0 heterocycles.